The van der Waals surface area contributed by atoms with E-state index in [9.17, 15) is 9.59 Å². The number of carbonyl (C=O) groups excluding carboxylic acids is 1. The van der Waals surface area contributed by atoms with Crippen molar-refractivity contribution in [1.29, 1.82) is 0 Å². The Labute approximate surface area is 125 Å². The minimum absolute atomic E-state index is 0.0724. The van der Waals surface area contributed by atoms with Gasteiger partial charge in [-0.1, -0.05) is 19.1 Å². The molecule has 5 nitrogen and oxygen atoms in total. The number of carbonyl (C=O) groups is 2. The molecule has 1 aromatic carbocycles. The van der Waals surface area contributed by atoms with Crippen LogP contribution in [-0.4, -0.2) is 22.8 Å². The number of ether oxygens (including phenoxy) is 1. The van der Waals surface area contributed by atoms with Gasteiger partial charge in [-0.05, 0) is 50.8 Å². The molecule has 2 N–H and O–H groups in total. The molecule has 0 aliphatic rings. The maximum atomic E-state index is 11.7. The Balaban J connectivity index is 2.79. The van der Waals surface area contributed by atoms with Gasteiger partial charge in [-0.3, -0.25) is 10.1 Å². The van der Waals surface area contributed by atoms with Crippen LogP contribution in [0.3, 0.4) is 0 Å². The normalized spacial score (nSPS) is 12.6. The van der Waals surface area contributed by atoms with Crippen LogP contribution in [-0.2, 0) is 9.53 Å². The van der Waals surface area contributed by atoms with Gasteiger partial charge in [0.2, 0.25) is 0 Å². The highest BCUT2D eigenvalue weighted by Crippen LogP contribution is 2.24. The maximum Gasteiger partial charge on any atom is 0.412 e. The van der Waals surface area contributed by atoms with Gasteiger partial charge in [-0.25, -0.2) is 4.79 Å². The third-order valence-corrected chi connectivity index (χ3v) is 2.94. The molecule has 1 atom stereocenters. The van der Waals surface area contributed by atoms with Crippen LogP contribution in [0.1, 0.15) is 51.2 Å². The van der Waals surface area contributed by atoms with Crippen molar-refractivity contribution >= 4 is 17.7 Å². The lowest BCUT2D eigenvalue weighted by Gasteiger charge is -2.20. The Bertz CT molecular complexity index is 532. The third-order valence-electron chi connectivity index (χ3n) is 2.94. The van der Waals surface area contributed by atoms with Crippen molar-refractivity contribution in [1.82, 2.24) is 0 Å². The van der Waals surface area contributed by atoms with Crippen LogP contribution in [0.2, 0.25) is 0 Å². The predicted octanol–water partition coefficient (Wildman–Crippen LogP) is 3.92. The van der Waals surface area contributed by atoms with Gasteiger partial charge < -0.3 is 9.84 Å². The van der Waals surface area contributed by atoms with Gasteiger partial charge in [0.05, 0.1) is 6.42 Å². The van der Waals surface area contributed by atoms with Gasteiger partial charge >= 0.3 is 12.1 Å². The number of hydrogen-bond acceptors (Lipinski definition) is 3. The highest BCUT2D eigenvalue weighted by atomic mass is 16.6. The number of nitrogens with one attached hydrogen (secondary N) is 1. The quantitative estimate of drug-likeness (QED) is 0.882. The number of aryl methyl sites for hydroxylation is 1. The van der Waals surface area contributed by atoms with Crippen LogP contribution < -0.4 is 5.32 Å². The second-order valence-electron chi connectivity index (χ2n) is 6.20. The number of aliphatic carboxylic acids is 1. The van der Waals surface area contributed by atoms with Crippen LogP contribution in [0.15, 0.2) is 18.2 Å². The van der Waals surface area contributed by atoms with Gasteiger partial charge in [-0.15, -0.1) is 0 Å². The number of carboxylic acids is 1. The maximum absolute atomic E-state index is 11.7. The third kappa shape index (κ3) is 5.85. The predicted molar refractivity (Wildman–Crippen MR) is 81.7 cm³/mol. The first-order valence-corrected chi connectivity index (χ1v) is 6.91. The van der Waals surface area contributed by atoms with Crippen molar-refractivity contribution in [3.05, 3.63) is 29.3 Å². The van der Waals surface area contributed by atoms with E-state index >= 15 is 0 Å². The number of benzene rings is 1. The van der Waals surface area contributed by atoms with Gasteiger partial charge in [0.15, 0.2) is 0 Å². The highest BCUT2D eigenvalue weighted by molar-refractivity contribution is 5.86. The van der Waals surface area contributed by atoms with Crippen LogP contribution in [0.4, 0.5) is 10.5 Å². The zero-order valence-corrected chi connectivity index (χ0v) is 13.2. The second-order valence-corrected chi connectivity index (χ2v) is 6.20. The van der Waals surface area contributed by atoms with Gasteiger partial charge in [0.25, 0.3) is 0 Å². The van der Waals surface area contributed by atoms with Crippen molar-refractivity contribution in [2.24, 2.45) is 0 Å². The van der Waals surface area contributed by atoms with E-state index in [-0.39, 0.29) is 12.3 Å². The minimum atomic E-state index is -0.823. The number of amides is 1. The average Bonchev–Trinajstić information content (AvgIpc) is 2.28. The molecular weight excluding hydrogens is 270 g/mol. The molecule has 0 spiro atoms. The molecule has 0 radical (unpaired) electrons. The van der Waals surface area contributed by atoms with E-state index in [1.165, 1.54) is 0 Å². The Morgan fingerprint density at radius 3 is 2.43 bits per heavy atom. The fourth-order valence-electron chi connectivity index (χ4n) is 1.93. The Morgan fingerprint density at radius 2 is 1.95 bits per heavy atom. The fraction of sp³-hybridized carbons (Fsp3) is 0.500. The van der Waals surface area contributed by atoms with E-state index in [2.05, 4.69) is 5.32 Å². The summed E-state index contributed by atoms with van der Waals surface area (Å²) in [5, 5.41) is 11.5. The number of carboxylic acid groups (broad SMARTS) is 1. The standard InChI is InChI=1S/C16H23NO4/c1-10(9-14(18)19)12-6-7-13(11(2)8-12)17-15(20)21-16(3,4)5/h6-8,10H,9H2,1-5H3,(H,17,20)(H,18,19). The molecule has 0 bridgehead atoms. The summed E-state index contributed by atoms with van der Waals surface area (Å²) in [6, 6.07) is 5.49. The van der Waals surface area contributed by atoms with Crippen LogP contribution in [0.5, 0.6) is 0 Å². The molecule has 0 aliphatic carbocycles. The van der Waals surface area contributed by atoms with Gasteiger partial charge in [0, 0.05) is 5.69 Å². The van der Waals surface area contributed by atoms with Crippen LogP contribution >= 0.6 is 0 Å². The summed E-state index contributed by atoms with van der Waals surface area (Å²) in [4.78, 5) is 22.5. The van der Waals surface area contributed by atoms with Gasteiger partial charge in [0.1, 0.15) is 5.60 Å². The van der Waals surface area contributed by atoms with E-state index in [0.29, 0.717) is 5.69 Å². The molecule has 1 unspecified atom stereocenters. The molecule has 116 valence electrons. The first-order valence-electron chi connectivity index (χ1n) is 6.91. The van der Waals surface area contributed by atoms with E-state index in [1.54, 1.807) is 26.8 Å². The molecule has 0 saturated heterocycles. The molecule has 1 aromatic rings. The largest absolute Gasteiger partial charge is 0.481 e. The fourth-order valence-corrected chi connectivity index (χ4v) is 1.93. The monoisotopic (exact) mass is 293 g/mol. The summed E-state index contributed by atoms with van der Waals surface area (Å²) in [6.07, 6.45) is -0.421. The van der Waals surface area contributed by atoms with Gasteiger partial charge in [-0.2, -0.15) is 0 Å². The Hall–Kier alpha value is -2.04. The van der Waals surface area contributed by atoms with Crippen LogP contribution in [0, 0.1) is 6.92 Å². The Kier molecular flexibility index (Phi) is 5.35. The first kappa shape index (κ1) is 17.0. The van der Waals surface area contributed by atoms with Crippen molar-refractivity contribution in [3.8, 4) is 0 Å². The minimum Gasteiger partial charge on any atom is -0.481 e. The summed E-state index contributed by atoms with van der Waals surface area (Å²) in [5.41, 5.74) is 1.92. The lowest BCUT2D eigenvalue weighted by atomic mass is 9.96. The SMILES string of the molecule is Cc1cc(C(C)CC(=O)O)ccc1NC(=O)OC(C)(C)C. The molecule has 0 aliphatic heterocycles. The highest BCUT2D eigenvalue weighted by Gasteiger charge is 2.17. The zero-order valence-electron chi connectivity index (χ0n) is 13.2. The number of hydrogen-bond donors (Lipinski definition) is 2. The van der Waals surface area contributed by atoms with E-state index < -0.39 is 17.7 Å². The zero-order chi connectivity index (χ0) is 16.2. The molecular formula is C16H23NO4. The summed E-state index contributed by atoms with van der Waals surface area (Å²) < 4.78 is 5.20. The molecule has 0 saturated carbocycles. The smallest absolute Gasteiger partial charge is 0.412 e. The second kappa shape index (κ2) is 6.61. The van der Waals surface area contributed by atoms with Crippen molar-refractivity contribution in [2.45, 2.75) is 52.6 Å². The topological polar surface area (TPSA) is 75.6 Å². The lowest BCUT2D eigenvalue weighted by molar-refractivity contribution is -0.137. The van der Waals surface area contributed by atoms with Crippen molar-refractivity contribution < 1.29 is 19.4 Å². The number of anilines is 1. The van der Waals surface area contributed by atoms with E-state index in [1.807, 2.05) is 26.0 Å². The number of rotatable bonds is 4. The van der Waals surface area contributed by atoms with Crippen LogP contribution in [0.25, 0.3) is 0 Å². The molecule has 0 heterocycles. The first-order chi connectivity index (χ1) is 9.58. The van der Waals surface area contributed by atoms with E-state index in [0.717, 1.165) is 11.1 Å². The van der Waals surface area contributed by atoms with Crippen molar-refractivity contribution in [3.63, 3.8) is 0 Å². The summed E-state index contributed by atoms with van der Waals surface area (Å²) in [7, 11) is 0. The summed E-state index contributed by atoms with van der Waals surface area (Å²) in [5.74, 6) is -0.895. The lowest BCUT2D eigenvalue weighted by Crippen LogP contribution is -2.27. The molecule has 21 heavy (non-hydrogen) atoms. The molecule has 1 rings (SSSR count). The summed E-state index contributed by atoms with van der Waals surface area (Å²) >= 11 is 0. The summed E-state index contributed by atoms with van der Waals surface area (Å²) in [6.45, 7) is 9.13. The average molecular weight is 293 g/mol. The molecule has 0 fully saturated rings. The molecule has 5 heteroatoms. The Morgan fingerprint density at radius 1 is 1.33 bits per heavy atom. The van der Waals surface area contributed by atoms with Crippen molar-refractivity contribution in [2.75, 3.05) is 5.32 Å². The molecule has 1 amide bonds. The van der Waals surface area contributed by atoms with E-state index in [4.69, 9.17) is 9.84 Å². The molecule has 0 aromatic heterocycles.